The summed E-state index contributed by atoms with van der Waals surface area (Å²) in [5, 5.41) is 24.0. The molecule has 1 aromatic carbocycles. The third kappa shape index (κ3) is 3.99. The van der Waals surface area contributed by atoms with Gasteiger partial charge in [0.05, 0.1) is 20.1 Å². The first kappa shape index (κ1) is 15.4. The van der Waals surface area contributed by atoms with Gasteiger partial charge in [0, 0.05) is 6.07 Å². The van der Waals surface area contributed by atoms with Crippen LogP contribution in [0.1, 0.15) is 5.56 Å². The molecule has 0 aliphatic heterocycles. The van der Waals surface area contributed by atoms with Crippen LogP contribution in [-0.4, -0.2) is 21.2 Å². The van der Waals surface area contributed by atoms with Crippen molar-refractivity contribution in [3.05, 3.63) is 55.1 Å². The lowest BCUT2D eigenvalue weighted by Crippen LogP contribution is -1.95. The maximum Gasteiger partial charge on any atom is 0.287 e. The lowest BCUT2D eigenvalue weighted by Gasteiger charge is -2.02. The van der Waals surface area contributed by atoms with Gasteiger partial charge in [-0.15, -0.1) is 0 Å². The number of rotatable bonds is 4. The number of nitrogens with zero attached hydrogens (tertiary/aromatic N) is 3. The van der Waals surface area contributed by atoms with Crippen LogP contribution in [0.25, 0.3) is 0 Å². The maximum absolute atomic E-state index is 10.5. The normalized spacial score (nSPS) is 10.8. The number of aromatic hydroxyl groups is 1. The Balaban J connectivity index is 2.07. The Morgan fingerprint density at radius 2 is 2.00 bits per heavy atom. The number of anilines is 1. The van der Waals surface area contributed by atoms with E-state index in [0.717, 1.165) is 11.8 Å². The molecule has 0 atom stereocenters. The zero-order valence-electron chi connectivity index (χ0n) is 10.3. The average Bonchev–Trinajstić information content (AvgIpc) is 2.45. The van der Waals surface area contributed by atoms with E-state index in [1.165, 1.54) is 18.3 Å². The van der Waals surface area contributed by atoms with Gasteiger partial charge in [-0.3, -0.25) is 15.5 Å². The summed E-state index contributed by atoms with van der Waals surface area (Å²) in [5.74, 6) is 0.492. The number of hydrogen-bond acceptors (Lipinski definition) is 6. The second kappa shape index (κ2) is 6.64. The molecule has 9 heteroatoms. The summed E-state index contributed by atoms with van der Waals surface area (Å²) in [5.41, 5.74) is 3.31. The molecule has 1 heterocycles. The van der Waals surface area contributed by atoms with Gasteiger partial charge in [0.15, 0.2) is 0 Å². The Morgan fingerprint density at radius 3 is 2.52 bits per heavy atom. The fourth-order valence-corrected chi connectivity index (χ4v) is 2.61. The van der Waals surface area contributed by atoms with Crippen LogP contribution in [0.4, 0.5) is 11.5 Å². The summed E-state index contributed by atoms with van der Waals surface area (Å²) in [4.78, 5) is 13.8. The van der Waals surface area contributed by atoms with Crippen molar-refractivity contribution in [1.82, 2.24) is 4.98 Å². The van der Waals surface area contributed by atoms with Crippen molar-refractivity contribution in [2.24, 2.45) is 5.10 Å². The standard InChI is InChI=1S/C12H8Br2N4O3/c13-9-3-7(4-10(14)12(9)19)5-16-17-11-2-1-8(6-15-11)18(20)21/h1-6,19H,(H,15,17)/b16-5+. The Hall–Kier alpha value is -2.00. The minimum atomic E-state index is -0.522. The van der Waals surface area contributed by atoms with Gasteiger partial charge in [0.2, 0.25) is 0 Å². The van der Waals surface area contributed by atoms with Crippen molar-refractivity contribution in [3.8, 4) is 5.75 Å². The van der Waals surface area contributed by atoms with Crippen LogP contribution in [0.5, 0.6) is 5.75 Å². The molecule has 1 aromatic heterocycles. The van der Waals surface area contributed by atoms with E-state index in [4.69, 9.17) is 0 Å². The van der Waals surface area contributed by atoms with E-state index in [9.17, 15) is 15.2 Å². The third-order valence-electron chi connectivity index (χ3n) is 2.39. The lowest BCUT2D eigenvalue weighted by atomic mass is 10.2. The largest absolute Gasteiger partial charge is 0.506 e. The predicted octanol–water partition coefficient (Wildman–Crippen LogP) is 3.67. The van der Waals surface area contributed by atoms with Gasteiger partial charge >= 0.3 is 0 Å². The molecule has 0 saturated carbocycles. The Bertz CT molecular complexity index is 681. The zero-order valence-corrected chi connectivity index (χ0v) is 13.5. The van der Waals surface area contributed by atoms with Gasteiger partial charge in [0.25, 0.3) is 5.69 Å². The topological polar surface area (TPSA) is 101 Å². The van der Waals surface area contributed by atoms with Gasteiger partial charge in [-0.25, -0.2) is 4.98 Å². The predicted molar refractivity (Wildman–Crippen MR) is 85.6 cm³/mol. The fourth-order valence-electron chi connectivity index (χ4n) is 1.39. The molecular weight excluding hydrogens is 408 g/mol. The van der Waals surface area contributed by atoms with Crippen LogP contribution in [-0.2, 0) is 0 Å². The minimum Gasteiger partial charge on any atom is -0.506 e. The molecule has 0 saturated heterocycles. The Kier molecular flexibility index (Phi) is 4.86. The van der Waals surface area contributed by atoms with Crippen molar-refractivity contribution >= 4 is 49.6 Å². The lowest BCUT2D eigenvalue weighted by molar-refractivity contribution is -0.385. The highest BCUT2D eigenvalue weighted by Gasteiger charge is 2.05. The van der Waals surface area contributed by atoms with E-state index in [-0.39, 0.29) is 11.4 Å². The van der Waals surface area contributed by atoms with E-state index < -0.39 is 4.92 Å². The molecule has 0 aliphatic rings. The number of aromatic nitrogens is 1. The third-order valence-corrected chi connectivity index (χ3v) is 3.60. The second-order valence-corrected chi connectivity index (χ2v) is 5.57. The van der Waals surface area contributed by atoms with Gasteiger partial charge in [0.1, 0.15) is 17.8 Å². The van der Waals surface area contributed by atoms with Crippen LogP contribution in [0.2, 0.25) is 0 Å². The first-order chi connectivity index (χ1) is 9.97. The molecule has 108 valence electrons. The number of phenols is 1. The molecule has 0 bridgehead atoms. The quantitative estimate of drug-likeness (QED) is 0.450. The number of nitro groups is 1. The van der Waals surface area contributed by atoms with E-state index in [1.807, 2.05) is 0 Å². The number of hydrogen-bond donors (Lipinski definition) is 2. The smallest absolute Gasteiger partial charge is 0.287 e. The minimum absolute atomic E-state index is 0.0871. The van der Waals surface area contributed by atoms with Crippen molar-refractivity contribution in [1.29, 1.82) is 0 Å². The number of phenolic OH excluding ortho intramolecular Hbond substituents is 1. The molecule has 21 heavy (non-hydrogen) atoms. The SMILES string of the molecule is O=[N+]([O-])c1ccc(N/N=C/c2cc(Br)c(O)c(Br)c2)nc1. The van der Waals surface area contributed by atoms with Gasteiger partial charge < -0.3 is 5.11 Å². The molecule has 2 aromatic rings. The number of nitrogens with one attached hydrogen (secondary N) is 1. The van der Waals surface area contributed by atoms with Crippen LogP contribution in [0.15, 0.2) is 44.5 Å². The summed E-state index contributed by atoms with van der Waals surface area (Å²) in [6, 6.07) is 6.17. The van der Waals surface area contributed by atoms with Crippen LogP contribution in [0, 0.1) is 10.1 Å². The number of hydrazone groups is 1. The van der Waals surface area contributed by atoms with E-state index in [0.29, 0.717) is 14.8 Å². The van der Waals surface area contributed by atoms with Crippen LogP contribution in [0.3, 0.4) is 0 Å². The van der Waals surface area contributed by atoms with Gasteiger partial charge in [-0.1, -0.05) is 0 Å². The van der Waals surface area contributed by atoms with Crippen molar-refractivity contribution in [3.63, 3.8) is 0 Å². The molecule has 0 unspecified atom stereocenters. The highest BCUT2D eigenvalue weighted by molar-refractivity contribution is 9.11. The molecule has 0 amide bonds. The summed E-state index contributed by atoms with van der Waals surface area (Å²) >= 11 is 6.43. The Labute approximate surface area is 136 Å². The zero-order chi connectivity index (χ0) is 15.4. The van der Waals surface area contributed by atoms with E-state index >= 15 is 0 Å². The number of pyridine rings is 1. The summed E-state index contributed by atoms with van der Waals surface area (Å²) in [7, 11) is 0. The molecular formula is C12H8Br2N4O3. The van der Waals surface area contributed by atoms with Crippen molar-refractivity contribution in [2.45, 2.75) is 0 Å². The molecule has 0 fully saturated rings. The molecule has 0 radical (unpaired) electrons. The van der Waals surface area contributed by atoms with E-state index in [1.54, 1.807) is 12.1 Å². The molecule has 0 spiro atoms. The molecule has 2 rings (SSSR count). The van der Waals surface area contributed by atoms with Gasteiger partial charge in [-0.05, 0) is 55.6 Å². The maximum atomic E-state index is 10.5. The van der Waals surface area contributed by atoms with Crippen LogP contribution >= 0.6 is 31.9 Å². The summed E-state index contributed by atoms with van der Waals surface area (Å²) in [6.07, 6.45) is 2.67. The fraction of sp³-hybridized carbons (Fsp3) is 0. The molecule has 0 aliphatic carbocycles. The first-order valence-corrected chi connectivity index (χ1v) is 7.13. The summed E-state index contributed by atoms with van der Waals surface area (Å²) in [6.45, 7) is 0. The highest BCUT2D eigenvalue weighted by Crippen LogP contribution is 2.32. The van der Waals surface area contributed by atoms with E-state index in [2.05, 4.69) is 47.4 Å². The van der Waals surface area contributed by atoms with Gasteiger partial charge in [-0.2, -0.15) is 5.10 Å². The number of benzene rings is 1. The van der Waals surface area contributed by atoms with Crippen LogP contribution < -0.4 is 5.43 Å². The second-order valence-electron chi connectivity index (χ2n) is 3.86. The summed E-state index contributed by atoms with van der Waals surface area (Å²) < 4.78 is 1.07. The molecule has 7 nitrogen and oxygen atoms in total. The number of halogens is 2. The average molecular weight is 416 g/mol. The highest BCUT2D eigenvalue weighted by atomic mass is 79.9. The monoisotopic (exact) mass is 414 g/mol. The van der Waals surface area contributed by atoms with Crippen molar-refractivity contribution < 1.29 is 10.0 Å². The molecule has 2 N–H and O–H groups in total. The first-order valence-electron chi connectivity index (χ1n) is 5.55. The Morgan fingerprint density at radius 1 is 1.33 bits per heavy atom. The van der Waals surface area contributed by atoms with Crippen molar-refractivity contribution in [2.75, 3.05) is 5.43 Å².